The van der Waals surface area contributed by atoms with Crippen molar-refractivity contribution in [2.24, 2.45) is 0 Å². The van der Waals surface area contributed by atoms with E-state index in [1.165, 1.54) is 38.9 Å². The number of aryl methyl sites for hydroxylation is 4. The maximum Gasteiger partial charge on any atom is 4.00 e. The van der Waals surface area contributed by atoms with Gasteiger partial charge in [0.1, 0.15) is 0 Å². The van der Waals surface area contributed by atoms with E-state index < -0.39 is 0 Å². The molecule has 0 aromatic heterocycles. The van der Waals surface area contributed by atoms with Crippen molar-refractivity contribution in [1.82, 2.24) is 0 Å². The van der Waals surface area contributed by atoms with Gasteiger partial charge in [0, 0.05) is 0 Å². The van der Waals surface area contributed by atoms with Crippen LogP contribution in [-0.4, -0.2) is 0 Å². The molecule has 0 heterocycles. The number of halogens is 3. The number of hydrogen-bond donors (Lipinski definition) is 0. The zero-order chi connectivity index (χ0) is 15.7. The Kier molecular flexibility index (Phi) is 12.7. The van der Waals surface area contributed by atoms with E-state index >= 15 is 0 Å². The van der Waals surface area contributed by atoms with Crippen molar-refractivity contribution in [3.05, 3.63) is 99.6 Å². The van der Waals surface area contributed by atoms with Crippen molar-refractivity contribution in [3.63, 3.8) is 0 Å². The van der Waals surface area contributed by atoms with Gasteiger partial charge >= 0.3 is 21.7 Å². The van der Waals surface area contributed by atoms with Gasteiger partial charge in [-0.1, -0.05) is 73.5 Å². The molecule has 0 aliphatic rings. The average Bonchev–Trinajstić information content (AvgIpc) is 2.78. The molecular formula is C22H23Cl3Ti. The SMILES string of the molecule is Cc1cccc(C(c2cccc(C)c2)[c-]2cc(C)c(C)c2)c1.[Cl-].[Cl-].[Cl-].[Ti+4]. The first-order chi connectivity index (χ1) is 10.5. The van der Waals surface area contributed by atoms with Crippen LogP contribution < -0.4 is 37.2 Å². The van der Waals surface area contributed by atoms with E-state index in [0.29, 0.717) is 5.92 Å². The van der Waals surface area contributed by atoms with Crippen LogP contribution in [0.25, 0.3) is 0 Å². The van der Waals surface area contributed by atoms with E-state index in [1.54, 1.807) is 0 Å². The summed E-state index contributed by atoms with van der Waals surface area (Å²) in [6.45, 7) is 8.72. The summed E-state index contributed by atoms with van der Waals surface area (Å²) in [7, 11) is 0. The Bertz CT molecular complexity index is 744. The van der Waals surface area contributed by atoms with Crippen LogP contribution >= 0.6 is 0 Å². The molecule has 0 bridgehead atoms. The Morgan fingerprint density at radius 2 is 1.04 bits per heavy atom. The second kappa shape index (κ2) is 12.0. The third-order valence-electron chi connectivity index (χ3n) is 4.47. The molecule has 3 rings (SSSR count). The van der Waals surface area contributed by atoms with E-state index in [1.807, 2.05) is 0 Å². The Hall–Kier alpha value is -0.626. The quantitative estimate of drug-likeness (QED) is 0.297. The third kappa shape index (κ3) is 6.22. The zero-order valence-electron chi connectivity index (χ0n) is 15.5. The van der Waals surface area contributed by atoms with Gasteiger partial charge < -0.3 is 37.2 Å². The van der Waals surface area contributed by atoms with Crippen LogP contribution in [0, 0.1) is 27.7 Å². The topological polar surface area (TPSA) is 0 Å². The summed E-state index contributed by atoms with van der Waals surface area (Å²) >= 11 is 0. The third-order valence-corrected chi connectivity index (χ3v) is 4.47. The molecule has 0 unspecified atom stereocenters. The van der Waals surface area contributed by atoms with Gasteiger partial charge in [0.15, 0.2) is 0 Å². The minimum Gasteiger partial charge on any atom is -1.00 e. The molecule has 3 aromatic rings. The first-order valence-electron chi connectivity index (χ1n) is 7.91. The van der Waals surface area contributed by atoms with Gasteiger partial charge in [0.25, 0.3) is 0 Å². The molecule has 0 aliphatic carbocycles. The standard InChI is InChI=1S/C22H23.3ClH.Ti/c1-15-7-5-9-19(11-15)22(20-10-6-8-16(2)12-20)21-13-17(3)18(4)14-21;;;;/h5-14,22H,1-4H3;3*1H;/q-1;;;;+4/p-3. The minimum absolute atomic E-state index is 0. The largest absolute Gasteiger partial charge is 4.00 e. The average molecular weight is 442 g/mol. The summed E-state index contributed by atoms with van der Waals surface area (Å²) < 4.78 is 0. The summed E-state index contributed by atoms with van der Waals surface area (Å²) in [6, 6.07) is 22.4. The second-order valence-electron chi connectivity index (χ2n) is 6.42. The molecule has 26 heavy (non-hydrogen) atoms. The maximum atomic E-state index is 2.34. The fourth-order valence-electron chi connectivity index (χ4n) is 3.21. The van der Waals surface area contributed by atoms with E-state index in [9.17, 15) is 0 Å². The Morgan fingerprint density at radius 3 is 1.38 bits per heavy atom. The number of hydrogen-bond acceptors (Lipinski definition) is 0. The summed E-state index contributed by atoms with van der Waals surface area (Å²) in [4.78, 5) is 0. The van der Waals surface area contributed by atoms with E-state index in [-0.39, 0.29) is 58.9 Å². The summed E-state index contributed by atoms with van der Waals surface area (Å²) in [5.74, 6) is 0.312. The fraction of sp³-hybridized carbons (Fsp3) is 0.227. The van der Waals surface area contributed by atoms with Crippen molar-refractivity contribution in [2.75, 3.05) is 0 Å². The molecule has 136 valence electrons. The molecule has 0 N–H and O–H groups in total. The molecule has 0 saturated heterocycles. The molecule has 0 atom stereocenters. The molecule has 0 aliphatic heterocycles. The van der Waals surface area contributed by atoms with Crippen LogP contribution in [0.4, 0.5) is 0 Å². The van der Waals surface area contributed by atoms with Crippen molar-refractivity contribution in [3.8, 4) is 0 Å². The van der Waals surface area contributed by atoms with Crippen LogP contribution in [-0.2, 0) is 21.7 Å². The van der Waals surface area contributed by atoms with Gasteiger partial charge in [-0.15, -0.1) is 5.56 Å². The Labute approximate surface area is 191 Å². The van der Waals surface area contributed by atoms with Crippen LogP contribution in [0.1, 0.15) is 44.9 Å². The molecule has 0 amide bonds. The van der Waals surface area contributed by atoms with Gasteiger partial charge in [-0.25, -0.2) is 0 Å². The monoisotopic (exact) mass is 440 g/mol. The van der Waals surface area contributed by atoms with Crippen molar-refractivity contribution < 1.29 is 58.9 Å². The van der Waals surface area contributed by atoms with Crippen molar-refractivity contribution in [2.45, 2.75) is 33.6 Å². The van der Waals surface area contributed by atoms with E-state index in [4.69, 9.17) is 0 Å². The van der Waals surface area contributed by atoms with Crippen LogP contribution in [0.5, 0.6) is 0 Å². The first kappa shape index (κ1) is 27.6. The number of benzene rings is 2. The smallest absolute Gasteiger partial charge is 1.00 e. The zero-order valence-corrected chi connectivity index (χ0v) is 19.3. The predicted molar refractivity (Wildman–Crippen MR) is 94.8 cm³/mol. The fourth-order valence-corrected chi connectivity index (χ4v) is 3.21. The maximum absolute atomic E-state index is 2.34. The van der Waals surface area contributed by atoms with Gasteiger partial charge in [0.2, 0.25) is 0 Å². The van der Waals surface area contributed by atoms with E-state index in [0.717, 1.165) is 0 Å². The van der Waals surface area contributed by atoms with Crippen molar-refractivity contribution in [1.29, 1.82) is 0 Å². The van der Waals surface area contributed by atoms with Gasteiger partial charge in [-0.05, 0) is 30.9 Å². The van der Waals surface area contributed by atoms with Gasteiger partial charge in [0.05, 0.1) is 0 Å². The first-order valence-corrected chi connectivity index (χ1v) is 7.91. The molecule has 3 aromatic carbocycles. The molecule has 0 fully saturated rings. The summed E-state index contributed by atoms with van der Waals surface area (Å²) in [6.07, 6.45) is 0. The van der Waals surface area contributed by atoms with Crippen LogP contribution in [0.2, 0.25) is 0 Å². The molecule has 4 heteroatoms. The van der Waals surface area contributed by atoms with Gasteiger partial charge in [-0.3, -0.25) is 0 Å². The van der Waals surface area contributed by atoms with E-state index in [2.05, 4.69) is 88.4 Å². The molecule has 0 radical (unpaired) electrons. The molecule has 0 saturated carbocycles. The number of rotatable bonds is 3. The molecular weight excluding hydrogens is 418 g/mol. The van der Waals surface area contributed by atoms with Crippen LogP contribution in [0.3, 0.4) is 0 Å². The second-order valence-corrected chi connectivity index (χ2v) is 6.42. The van der Waals surface area contributed by atoms with Gasteiger partial charge in [-0.2, -0.15) is 23.3 Å². The normalized spacial score (nSPS) is 9.42. The summed E-state index contributed by atoms with van der Waals surface area (Å²) in [5, 5.41) is 0. The van der Waals surface area contributed by atoms with Crippen LogP contribution in [0.15, 0.2) is 60.7 Å². The predicted octanol–water partition coefficient (Wildman–Crippen LogP) is -3.17. The Balaban J connectivity index is 0. The Morgan fingerprint density at radius 1 is 0.654 bits per heavy atom. The molecule has 0 spiro atoms. The van der Waals surface area contributed by atoms with Crippen molar-refractivity contribution >= 4 is 0 Å². The molecule has 0 nitrogen and oxygen atoms in total. The minimum atomic E-state index is 0. The summed E-state index contributed by atoms with van der Waals surface area (Å²) in [5.41, 5.74) is 9.52.